The smallest absolute Gasteiger partial charge is 0.311 e. The molecule has 1 fully saturated rings. The largest absolute Gasteiger partial charge is 0.481 e. The summed E-state index contributed by atoms with van der Waals surface area (Å²) in [4.78, 5) is 19.9. The Morgan fingerprint density at radius 1 is 1.12 bits per heavy atom. The van der Waals surface area contributed by atoms with Crippen LogP contribution in [0, 0.1) is 0 Å². The summed E-state index contributed by atoms with van der Waals surface area (Å²) in [6, 6.07) is 12.5. The van der Waals surface area contributed by atoms with Gasteiger partial charge in [0.25, 0.3) is 0 Å². The number of nitrogens with zero attached hydrogens (tertiary/aromatic N) is 3. The lowest BCUT2D eigenvalue weighted by Gasteiger charge is -2.34. The molecule has 1 N–H and O–H groups in total. The number of halogens is 1. The zero-order chi connectivity index (χ0) is 23.1. The Morgan fingerprint density at radius 2 is 1.85 bits per heavy atom. The molecule has 174 valence electrons. The van der Waals surface area contributed by atoms with Crippen molar-refractivity contribution in [1.82, 2.24) is 9.55 Å². The van der Waals surface area contributed by atoms with E-state index in [1.165, 1.54) is 36.0 Å². The minimum atomic E-state index is -0.824. The van der Waals surface area contributed by atoms with Gasteiger partial charge in [0.05, 0.1) is 17.0 Å². The van der Waals surface area contributed by atoms with Gasteiger partial charge in [-0.05, 0) is 62.4 Å². The first-order valence-corrected chi connectivity index (χ1v) is 12.6. The lowest BCUT2D eigenvalue weighted by atomic mass is 9.93. The van der Waals surface area contributed by atoms with Gasteiger partial charge in [-0.3, -0.25) is 4.79 Å². The van der Waals surface area contributed by atoms with E-state index in [1.807, 2.05) is 12.1 Å². The molecule has 5 nitrogen and oxygen atoms in total. The van der Waals surface area contributed by atoms with Gasteiger partial charge in [0.1, 0.15) is 5.82 Å². The number of anilines is 1. The summed E-state index contributed by atoms with van der Waals surface area (Å²) in [6.07, 6.45) is 8.47. The highest BCUT2D eigenvalue weighted by Crippen LogP contribution is 2.39. The average Bonchev–Trinajstić information content (AvgIpc) is 3.19. The lowest BCUT2D eigenvalue weighted by Crippen LogP contribution is -2.33. The Hall–Kier alpha value is -2.53. The average molecular weight is 466 g/mol. The molecule has 0 amide bonds. The predicted molar refractivity (Wildman–Crippen MR) is 134 cm³/mol. The fraction of sp³-hybridized carbons (Fsp3) is 0.481. The number of aromatic nitrogens is 2. The van der Waals surface area contributed by atoms with Crippen molar-refractivity contribution in [3.8, 4) is 0 Å². The number of carboxylic acids is 1. The van der Waals surface area contributed by atoms with E-state index < -0.39 is 11.9 Å². The quantitative estimate of drug-likeness (QED) is 0.475. The number of aryl methyl sites for hydroxylation is 1. The molecule has 3 aromatic rings. The van der Waals surface area contributed by atoms with Gasteiger partial charge in [0, 0.05) is 41.8 Å². The van der Waals surface area contributed by atoms with Crippen molar-refractivity contribution in [1.29, 1.82) is 0 Å². The number of benzene rings is 2. The van der Waals surface area contributed by atoms with Gasteiger partial charge in [-0.2, -0.15) is 0 Å². The molecule has 33 heavy (non-hydrogen) atoms. The zero-order valence-electron chi connectivity index (χ0n) is 19.4. The Balaban J connectivity index is 1.63. The van der Waals surface area contributed by atoms with Gasteiger partial charge in [-0.1, -0.05) is 43.0 Å². The molecule has 1 aromatic heterocycles. The minimum absolute atomic E-state index is 0.378. The van der Waals surface area contributed by atoms with Crippen LogP contribution in [0.5, 0.6) is 0 Å². The SMILES string of the molecule is CC1CCc2c(ccc3c2nc(CC(C(=O)O)c2ccc(Cl)cc2)n3C2CCCCC2)N1C. The van der Waals surface area contributed by atoms with Crippen LogP contribution in [-0.4, -0.2) is 33.7 Å². The molecule has 0 saturated heterocycles. The van der Waals surface area contributed by atoms with Crippen LogP contribution in [0.1, 0.15) is 74.4 Å². The van der Waals surface area contributed by atoms with Crippen molar-refractivity contribution in [2.75, 3.05) is 11.9 Å². The zero-order valence-corrected chi connectivity index (χ0v) is 20.2. The monoisotopic (exact) mass is 465 g/mol. The first kappa shape index (κ1) is 22.3. The van der Waals surface area contributed by atoms with Crippen LogP contribution < -0.4 is 4.90 Å². The van der Waals surface area contributed by atoms with Crippen molar-refractivity contribution in [3.63, 3.8) is 0 Å². The summed E-state index contributed by atoms with van der Waals surface area (Å²) in [6.45, 7) is 2.27. The fourth-order valence-electron chi connectivity index (χ4n) is 5.73. The molecule has 2 unspecified atom stereocenters. The van der Waals surface area contributed by atoms with Crippen LogP contribution in [0.2, 0.25) is 5.02 Å². The van der Waals surface area contributed by atoms with Gasteiger partial charge in [-0.25, -0.2) is 4.98 Å². The van der Waals surface area contributed by atoms with Crippen LogP contribution in [0.25, 0.3) is 11.0 Å². The number of imidazole rings is 1. The highest BCUT2D eigenvalue weighted by molar-refractivity contribution is 6.30. The first-order chi connectivity index (χ1) is 15.9. The molecule has 2 aromatic carbocycles. The second-order valence-corrected chi connectivity index (χ2v) is 10.2. The second-order valence-electron chi connectivity index (χ2n) is 9.77. The highest BCUT2D eigenvalue weighted by Gasteiger charge is 2.30. The molecule has 1 saturated carbocycles. The lowest BCUT2D eigenvalue weighted by molar-refractivity contribution is -0.138. The maximum atomic E-state index is 12.3. The molecular formula is C27H32ClN3O2. The number of carbonyl (C=O) groups is 1. The summed E-state index contributed by atoms with van der Waals surface area (Å²) in [5.41, 5.74) is 5.56. The van der Waals surface area contributed by atoms with Crippen LogP contribution >= 0.6 is 11.6 Å². The van der Waals surface area contributed by atoms with Crippen molar-refractivity contribution >= 4 is 34.3 Å². The van der Waals surface area contributed by atoms with Gasteiger partial charge in [0.15, 0.2) is 0 Å². The van der Waals surface area contributed by atoms with Crippen LogP contribution in [0.4, 0.5) is 5.69 Å². The third-order valence-electron chi connectivity index (χ3n) is 7.77. The number of carboxylic acid groups (broad SMARTS) is 1. The molecule has 2 aliphatic rings. The maximum absolute atomic E-state index is 12.3. The van der Waals surface area contributed by atoms with E-state index in [1.54, 1.807) is 12.1 Å². The summed E-state index contributed by atoms with van der Waals surface area (Å²) in [5, 5.41) is 10.7. The molecule has 6 heteroatoms. The summed E-state index contributed by atoms with van der Waals surface area (Å²) >= 11 is 6.06. The van der Waals surface area contributed by atoms with Gasteiger partial charge >= 0.3 is 5.97 Å². The van der Waals surface area contributed by atoms with Crippen LogP contribution in [0.3, 0.4) is 0 Å². The van der Waals surface area contributed by atoms with Crippen molar-refractivity contribution in [2.45, 2.75) is 76.3 Å². The summed E-state index contributed by atoms with van der Waals surface area (Å²) in [5.74, 6) is -0.580. The third-order valence-corrected chi connectivity index (χ3v) is 8.02. The van der Waals surface area contributed by atoms with E-state index in [9.17, 15) is 9.90 Å². The van der Waals surface area contributed by atoms with Crippen molar-refractivity contribution < 1.29 is 9.90 Å². The first-order valence-electron chi connectivity index (χ1n) is 12.2. The van der Waals surface area contributed by atoms with E-state index in [0.29, 0.717) is 23.5 Å². The third kappa shape index (κ3) is 4.12. The van der Waals surface area contributed by atoms with E-state index in [0.717, 1.165) is 42.6 Å². The minimum Gasteiger partial charge on any atom is -0.481 e. The molecular weight excluding hydrogens is 434 g/mol. The van der Waals surface area contributed by atoms with Crippen LogP contribution in [-0.2, 0) is 17.6 Å². The summed E-state index contributed by atoms with van der Waals surface area (Å²) < 4.78 is 2.39. The Bertz CT molecular complexity index is 1160. The van der Waals surface area contributed by atoms with Gasteiger partial charge < -0.3 is 14.6 Å². The Morgan fingerprint density at radius 3 is 2.55 bits per heavy atom. The van der Waals surface area contributed by atoms with E-state index in [2.05, 4.69) is 35.6 Å². The predicted octanol–water partition coefficient (Wildman–Crippen LogP) is 6.38. The second kappa shape index (κ2) is 9.02. The Labute approximate surface area is 200 Å². The summed E-state index contributed by atoms with van der Waals surface area (Å²) in [7, 11) is 2.16. The molecule has 1 aliphatic heterocycles. The van der Waals surface area contributed by atoms with E-state index >= 15 is 0 Å². The molecule has 0 spiro atoms. The van der Waals surface area contributed by atoms with Gasteiger partial charge in [0.2, 0.25) is 0 Å². The van der Waals surface area contributed by atoms with E-state index in [-0.39, 0.29) is 0 Å². The molecule has 2 heterocycles. The van der Waals surface area contributed by atoms with Crippen LogP contribution in [0.15, 0.2) is 36.4 Å². The number of aliphatic carboxylic acids is 1. The number of rotatable bonds is 5. The van der Waals surface area contributed by atoms with E-state index in [4.69, 9.17) is 16.6 Å². The number of fused-ring (bicyclic) bond motifs is 3. The molecule has 0 bridgehead atoms. The number of hydrogen-bond acceptors (Lipinski definition) is 3. The number of hydrogen-bond donors (Lipinski definition) is 1. The standard InChI is InChI=1S/C27H32ClN3O2/c1-17-8-13-21-23(30(17)2)14-15-24-26(21)29-25(31(24)20-6-4-3-5-7-20)16-22(27(32)33)18-9-11-19(28)12-10-18/h9-12,14-15,17,20,22H,3-8,13,16H2,1-2H3,(H,32,33). The van der Waals surface area contributed by atoms with Crippen molar-refractivity contribution in [2.24, 2.45) is 0 Å². The molecule has 1 aliphatic carbocycles. The molecule has 0 radical (unpaired) electrons. The van der Waals surface area contributed by atoms with Gasteiger partial charge in [-0.15, -0.1) is 0 Å². The normalized spacial score (nSPS) is 20.1. The molecule has 2 atom stereocenters. The Kier molecular flexibility index (Phi) is 6.09. The molecule has 5 rings (SSSR count). The maximum Gasteiger partial charge on any atom is 0.311 e. The van der Waals surface area contributed by atoms with Crippen molar-refractivity contribution in [3.05, 3.63) is 58.4 Å². The fourth-order valence-corrected chi connectivity index (χ4v) is 5.86. The topological polar surface area (TPSA) is 58.4 Å². The highest BCUT2D eigenvalue weighted by atomic mass is 35.5.